The molecule has 2 rings (SSSR count). The number of ether oxygens (including phenoxy) is 3. The van der Waals surface area contributed by atoms with E-state index < -0.39 is 0 Å². The number of carbonyl (C=O) groups is 1. The number of carbonyl (C=O) groups excluding carboxylic acids is 1. The van der Waals surface area contributed by atoms with Crippen LogP contribution in [-0.2, 0) is 14.3 Å². The van der Waals surface area contributed by atoms with Crippen LogP contribution in [0.1, 0.15) is 18.6 Å². The van der Waals surface area contributed by atoms with Gasteiger partial charge in [0, 0.05) is 0 Å². The molecule has 0 fully saturated rings. The molecule has 1 unspecified atom stereocenters. The van der Waals surface area contributed by atoms with Gasteiger partial charge in [-0.05, 0) is 30.2 Å². The van der Waals surface area contributed by atoms with Gasteiger partial charge in [0.15, 0.2) is 0 Å². The molecule has 1 aromatic carbocycles. The molecule has 1 aromatic rings. The zero-order chi connectivity index (χ0) is 13.1. The summed E-state index contributed by atoms with van der Waals surface area (Å²) in [5.41, 5.74) is 2.44. The zero-order valence-corrected chi connectivity index (χ0v) is 10.7. The van der Waals surface area contributed by atoms with E-state index in [0.717, 1.165) is 16.9 Å². The Kier molecular flexibility index (Phi) is 3.67. The van der Waals surface area contributed by atoms with Crippen LogP contribution in [0.3, 0.4) is 0 Å². The molecule has 0 saturated heterocycles. The molecule has 1 atom stereocenters. The molecular weight excluding hydrogens is 232 g/mol. The first-order valence-electron chi connectivity index (χ1n) is 5.71. The van der Waals surface area contributed by atoms with E-state index in [9.17, 15) is 4.79 Å². The topological polar surface area (TPSA) is 44.8 Å². The van der Waals surface area contributed by atoms with Gasteiger partial charge in [-0.1, -0.05) is 12.1 Å². The SMILES string of the molecule is COC(=O)C1=C(C)COC1c1ccc(OC)cc1. The molecule has 1 aliphatic heterocycles. The van der Waals surface area contributed by atoms with Crippen LogP contribution in [0.2, 0.25) is 0 Å². The fraction of sp³-hybridized carbons (Fsp3) is 0.357. The summed E-state index contributed by atoms with van der Waals surface area (Å²) in [5, 5.41) is 0. The second-order valence-electron chi connectivity index (χ2n) is 4.15. The maximum atomic E-state index is 11.7. The van der Waals surface area contributed by atoms with Crippen molar-refractivity contribution >= 4 is 5.97 Å². The van der Waals surface area contributed by atoms with Crippen LogP contribution < -0.4 is 4.74 Å². The number of esters is 1. The molecule has 0 aliphatic carbocycles. The summed E-state index contributed by atoms with van der Waals surface area (Å²) >= 11 is 0. The Morgan fingerprint density at radius 1 is 1.28 bits per heavy atom. The predicted octanol–water partition coefficient (Wildman–Crippen LogP) is 2.26. The van der Waals surface area contributed by atoms with Gasteiger partial charge in [-0.15, -0.1) is 0 Å². The average molecular weight is 248 g/mol. The summed E-state index contributed by atoms with van der Waals surface area (Å²) in [7, 11) is 3.00. The molecule has 0 aromatic heterocycles. The number of rotatable bonds is 3. The molecule has 4 heteroatoms. The van der Waals surface area contributed by atoms with Crippen LogP contribution in [0.25, 0.3) is 0 Å². The Bertz CT molecular complexity index is 473. The van der Waals surface area contributed by atoms with Crippen molar-refractivity contribution in [1.82, 2.24) is 0 Å². The highest BCUT2D eigenvalue weighted by Gasteiger charge is 2.31. The minimum absolute atomic E-state index is 0.328. The fourth-order valence-corrected chi connectivity index (χ4v) is 2.03. The normalized spacial score (nSPS) is 18.9. The molecular formula is C14H16O4. The molecule has 0 spiro atoms. The lowest BCUT2D eigenvalue weighted by Crippen LogP contribution is -2.12. The fourth-order valence-electron chi connectivity index (χ4n) is 2.03. The smallest absolute Gasteiger partial charge is 0.336 e. The summed E-state index contributed by atoms with van der Waals surface area (Å²) < 4.78 is 15.5. The Morgan fingerprint density at radius 3 is 2.50 bits per heavy atom. The first-order chi connectivity index (χ1) is 8.67. The second-order valence-corrected chi connectivity index (χ2v) is 4.15. The molecule has 0 saturated carbocycles. The standard InChI is InChI=1S/C14H16O4/c1-9-8-18-13(12(9)14(15)17-3)10-4-6-11(16-2)7-5-10/h4-7,13H,8H2,1-3H3. The molecule has 0 N–H and O–H groups in total. The summed E-state index contributed by atoms with van der Waals surface area (Å²) in [4.78, 5) is 11.7. The van der Waals surface area contributed by atoms with Gasteiger partial charge in [0.25, 0.3) is 0 Å². The highest BCUT2D eigenvalue weighted by molar-refractivity contribution is 5.91. The molecule has 0 bridgehead atoms. The maximum absolute atomic E-state index is 11.7. The Hall–Kier alpha value is -1.81. The van der Waals surface area contributed by atoms with Crippen LogP contribution in [0.4, 0.5) is 0 Å². The largest absolute Gasteiger partial charge is 0.497 e. The van der Waals surface area contributed by atoms with Gasteiger partial charge in [0.05, 0.1) is 26.4 Å². The van der Waals surface area contributed by atoms with E-state index in [2.05, 4.69) is 0 Å². The number of methoxy groups -OCH3 is 2. The zero-order valence-electron chi connectivity index (χ0n) is 10.7. The monoisotopic (exact) mass is 248 g/mol. The first-order valence-corrected chi connectivity index (χ1v) is 5.71. The van der Waals surface area contributed by atoms with E-state index in [1.165, 1.54) is 7.11 Å². The van der Waals surface area contributed by atoms with Crippen LogP contribution >= 0.6 is 0 Å². The third kappa shape index (κ3) is 2.24. The molecule has 18 heavy (non-hydrogen) atoms. The molecule has 0 radical (unpaired) electrons. The van der Waals surface area contributed by atoms with Crippen LogP contribution in [0.15, 0.2) is 35.4 Å². The van der Waals surface area contributed by atoms with Gasteiger partial charge in [-0.2, -0.15) is 0 Å². The van der Waals surface area contributed by atoms with Gasteiger partial charge in [0.1, 0.15) is 11.9 Å². The molecule has 0 amide bonds. The van der Waals surface area contributed by atoms with E-state index in [1.54, 1.807) is 7.11 Å². The second kappa shape index (κ2) is 5.23. The van der Waals surface area contributed by atoms with E-state index in [1.807, 2.05) is 31.2 Å². The summed E-state index contributed by atoms with van der Waals surface area (Å²) in [6, 6.07) is 7.48. The van der Waals surface area contributed by atoms with Gasteiger partial charge >= 0.3 is 5.97 Å². The van der Waals surface area contributed by atoms with E-state index >= 15 is 0 Å². The van der Waals surface area contributed by atoms with Crippen LogP contribution in [-0.4, -0.2) is 26.8 Å². The van der Waals surface area contributed by atoms with Gasteiger partial charge in [-0.25, -0.2) is 4.79 Å². The van der Waals surface area contributed by atoms with Gasteiger partial charge in [-0.3, -0.25) is 0 Å². The number of benzene rings is 1. The predicted molar refractivity (Wildman–Crippen MR) is 66.4 cm³/mol. The summed E-state index contributed by atoms with van der Waals surface area (Å²) in [5.74, 6) is 0.447. The quantitative estimate of drug-likeness (QED) is 0.770. The van der Waals surface area contributed by atoms with Crippen molar-refractivity contribution in [2.45, 2.75) is 13.0 Å². The summed E-state index contributed by atoms with van der Waals surface area (Å²) in [6.45, 7) is 2.34. The number of hydrogen-bond donors (Lipinski definition) is 0. The highest BCUT2D eigenvalue weighted by Crippen LogP contribution is 2.35. The lowest BCUT2D eigenvalue weighted by atomic mass is 10.00. The lowest BCUT2D eigenvalue weighted by molar-refractivity contribution is -0.137. The molecule has 1 aliphatic rings. The van der Waals surface area contributed by atoms with Crippen LogP contribution in [0.5, 0.6) is 5.75 Å². The maximum Gasteiger partial charge on any atom is 0.336 e. The molecule has 96 valence electrons. The van der Waals surface area contributed by atoms with E-state index in [-0.39, 0.29) is 12.1 Å². The average Bonchev–Trinajstić information content (AvgIpc) is 2.80. The van der Waals surface area contributed by atoms with Crippen molar-refractivity contribution in [3.63, 3.8) is 0 Å². The minimum atomic E-state index is -0.344. The Morgan fingerprint density at radius 2 is 1.94 bits per heavy atom. The van der Waals surface area contributed by atoms with E-state index in [4.69, 9.17) is 14.2 Å². The van der Waals surface area contributed by atoms with E-state index in [0.29, 0.717) is 12.2 Å². The first kappa shape index (κ1) is 12.6. The van der Waals surface area contributed by atoms with Crippen molar-refractivity contribution in [2.24, 2.45) is 0 Å². The Labute approximate surface area is 106 Å². The van der Waals surface area contributed by atoms with Gasteiger partial charge in [0.2, 0.25) is 0 Å². The summed E-state index contributed by atoms with van der Waals surface area (Å²) in [6.07, 6.45) is -0.344. The lowest BCUT2D eigenvalue weighted by Gasteiger charge is -2.14. The van der Waals surface area contributed by atoms with Crippen molar-refractivity contribution in [2.75, 3.05) is 20.8 Å². The third-order valence-corrected chi connectivity index (χ3v) is 3.01. The van der Waals surface area contributed by atoms with Gasteiger partial charge < -0.3 is 14.2 Å². The number of hydrogen-bond acceptors (Lipinski definition) is 4. The third-order valence-electron chi connectivity index (χ3n) is 3.01. The molecule has 1 heterocycles. The minimum Gasteiger partial charge on any atom is -0.497 e. The van der Waals surface area contributed by atoms with Crippen LogP contribution in [0, 0.1) is 0 Å². The van der Waals surface area contributed by atoms with Crippen molar-refractivity contribution in [3.05, 3.63) is 41.0 Å². The van der Waals surface area contributed by atoms with Crippen molar-refractivity contribution in [3.8, 4) is 5.75 Å². The molecule has 4 nitrogen and oxygen atoms in total. The van der Waals surface area contributed by atoms with Crippen molar-refractivity contribution in [1.29, 1.82) is 0 Å². The van der Waals surface area contributed by atoms with Crippen molar-refractivity contribution < 1.29 is 19.0 Å². The highest BCUT2D eigenvalue weighted by atomic mass is 16.5. The Balaban J connectivity index is 2.30.